The van der Waals surface area contributed by atoms with E-state index < -0.39 is 11.9 Å². The van der Waals surface area contributed by atoms with Crippen molar-refractivity contribution in [1.82, 2.24) is 0 Å². The summed E-state index contributed by atoms with van der Waals surface area (Å²) in [6.45, 7) is 1.81. The maximum Gasteiger partial charge on any atom is 0.348 e. The van der Waals surface area contributed by atoms with Crippen LogP contribution >= 0.6 is 34.8 Å². The van der Waals surface area contributed by atoms with E-state index in [9.17, 15) is 9.59 Å². The minimum atomic E-state index is -0.710. The number of nitrogens with zero attached hydrogens (tertiary/aromatic N) is 1. The molecule has 0 unspecified atom stereocenters. The molecule has 2 aromatic rings. The zero-order valence-corrected chi connectivity index (χ0v) is 16.2. The third-order valence-corrected chi connectivity index (χ3v) is 4.27. The highest BCUT2D eigenvalue weighted by atomic mass is 35.5. The molecule has 2 rings (SSSR count). The van der Waals surface area contributed by atoms with Crippen LogP contribution in [0.3, 0.4) is 0 Å². The van der Waals surface area contributed by atoms with Gasteiger partial charge in [0.25, 0.3) is 0 Å². The van der Waals surface area contributed by atoms with Gasteiger partial charge in [-0.1, -0.05) is 46.9 Å². The summed E-state index contributed by atoms with van der Waals surface area (Å²) < 4.78 is 10.0. The first kappa shape index (κ1) is 20.8. The van der Waals surface area contributed by atoms with E-state index >= 15 is 0 Å². The standard InChI is InChI=1S/C19H12Cl3NO4/c1-2-26-18(24)13(10-23)7-11-3-5-12(6-4-11)19(25)27-17-9-15(21)14(20)8-16(17)22/h3-9H,2H2,1H3. The summed E-state index contributed by atoms with van der Waals surface area (Å²) in [5.41, 5.74) is 0.641. The van der Waals surface area contributed by atoms with Gasteiger partial charge in [-0.15, -0.1) is 0 Å². The van der Waals surface area contributed by atoms with Gasteiger partial charge in [0.2, 0.25) is 0 Å². The number of ether oxygens (including phenoxy) is 2. The average Bonchev–Trinajstić information content (AvgIpc) is 2.64. The Hall–Kier alpha value is -2.52. The van der Waals surface area contributed by atoms with Crippen molar-refractivity contribution in [2.24, 2.45) is 0 Å². The fourth-order valence-electron chi connectivity index (χ4n) is 1.97. The molecule has 0 aliphatic carbocycles. The SMILES string of the molecule is CCOC(=O)C(C#N)=Cc1ccc(C(=O)Oc2cc(Cl)c(Cl)cc2Cl)cc1. The number of carbonyl (C=O) groups is 2. The van der Waals surface area contributed by atoms with Crippen molar-refractivity contribution in [3.05, 3.63) is 68.2 Å². The molecule has 0 N–H and O–H groups in total. The van der Waals surface area contributed by atoms with Crippen molar-refractivity contribution < 1.29 is 19.1 Å². The molecule has 0 bridgehead atoms. The summed E-state index contributed by atoms with van der Waals surface area (Å²) in [7, 11) is 0. The molecule has 0 atom stereocenters. The molecule has 0 saturated heterocycles. The molecular formula is C19H12Cl3NO4. The number of hydrogen-bond donors (Lipinski definition) is 0. The van der Waals surface area contributed by atoms with E-state index in [0.717, 1.165) is 0 Å². The summed E-state index contributed by atoms with van der Waals surface area (Å²) in [4.78, 5) is 23.9. The van der Waals surface area contributed by atoms with Gasteiger partial charge in [0, 0.05) is 6.07 Å². The van der Waals surface area contributed by atoms with Gasteiger partial charge in [0.05, 0.1) is 27.2 Å². The van der Waals surface area contributed by atoms with Gasteiger partial charge in [-0.3, -0.25) is 0 Å². The predicted octanol–water partition coefficient (Wildman–Crippen LogP) is 5.34. The monoisotopic (exact) mass is 423 g/mol. The van der Waals surface area contributed by atoms with E-state index in [1.807, 2.05) is 0 Å². The Balaban J connectivity index is 2.17. The van der Waals surface area contributed by atoms with E-state index in [2.05, 4.69) is 0 Å². The van der Waals surface area contributed by atoms with E-state index in [1.165, 1.54) is 30.3 Å². The van der Waals surface area contributed by atoms with Gasteiger partial charge >= 0.3 is 11.9 Å². The second-order valence-corrected chi connectivity index (χ2v) is 6.32. The van der Waals surface area contributed by atoms with E-state index in [4.69, 9.17) is 49.5 Å². The molecule has 138 valence electrons. The molecule has 0 aliphatic rings. The minimum Gasteiger partial charge on any atom is -0.462 e. The van der Waals surface area contributed by atoms with Crippen LogP contribution < -0.4 is 4.74 Å². The highest BCUT2D eigenvalue weighted by Gasteiger charge is 2.14. The summed E-state index contributed by atoms with van der Waals surface area (Å²) in [6, 6.07) is 10.6. The first-order valence-corrected chi connectivity index (χ1v) is 8.74. The maximum atomic E-state index is 12.2. The second kappa shape index (κ2) is 9.43. The van der Waals surface area contributed by atoms with Gasteiger partial charge < -0.3 is 9.47 Å². The highest BCUT2D eigenvalue weighted by molar-refractivity contribution is 6.43. The molecule has 0 heterocycles. The van der Waals surface area contributed by atoms with Crippen LogP contribution in [0.4, 0.5) is 0 Å². The fourth-order valence-corrected chi connectivity index (χ4v) is 2.54. The fraction of sp³-hybridized carbons (Fsp3) is 0.105. The van der Waals surface area contributed by atoms with Crippen molar-refractivity contribution >= 4 is 52.8 Å². The Labute approximate surface area is 170 Å². The van der Waals surface area contributed by atoms with Crippen LogP contribution in [0.5, 0.6) is 5.75 Å². The normalized spacial score (nSPS) is 10.9. The number of rotatable bonds is 5. The van der Waals surface area contributed by atoms with Crippen LogP contribution in [0.25, 0.3) is 6.08 Å². The lowest BCUT2D eigenvalue weighted by atomic mass is 10.1. The van der Waals surface area contributed by atoms with Crippen molar-refractivity contribution in [3.63, 3.8) is 0 Å². The number of esters is 2. The summed E-state index contributed by atoms with van der Waals surface area (Å²) in [6.07, 6.45) is 1.36. The molecule has 2 aromatic carbocycles. The minimum absolute atomic E-state index is 0.0779. The first-order valence-electron chi connectivity index (χ1n) is 7.61. The molecule has 0 radical (unpaired) electrons. The smallest absolute Gasteiger partial charge is 0.348 e. The number of carbonyl (C=O) groups excluding carboxylic acids is 2. The second-order valence-electron chi connectivity index (χ2n) is 5.10. The first-order chi connectivity index (χ1) is 12.8. The van der Waals surface area contributed by atoms with Crippen molar-refractivity contribution in [2.45, 2.75) is 6.92 Å². The van der Waals surface area contributed by atoms with Gasteiger partial charge in [0.1, 0.15) is 11.6 Å². The van der Waals surface area contributed by atoms with Crippen LogP contribution in [-0.4, -0.2) is 18.5 Å². The Kier molecular flexibility index (Phi) is 7.26. The summed E-state index contributed by atoms with van der Waals surface area (Å²) in [5, 5.41) is 9.62. The molecule has 0 fully saturated rings. The Morgan fingerprint density at radius 1 is 1.07 bits per heavy atom. The van der Waals surface area contributed by atoms with Crippen LogP contribution in [0.1, 0.15) is 22.8 Å². The zero-order chi connectivity index (χ0) is 20.0. The molecule has 0 saturated carbocycles. The molecule has 8 heteroatoms. The van der Waals surface area contributed by atoms with Crippen molar-refractivity contribution in [3.8, 4) is 11.8 Å². The zero-order valence-electron chi connectivity index (χ0n) is 14.0. The van der Waals surface area contributed by atoms with Crippen LogP contribution in [0.2, 0.25) is 15.1 Å². The molecular weight excluding hydrogens is 413 g/mol. The summed E-state index contributed by atoms with van der Waals surface area (Å²) >= 11 is 17.7. The topological polar surface area (TPSA) is 76.4 Å². The van der Waals surface area contributed by atoms with Gasteiger partial charge in [-0.2, -0.15) is 5.26 Å². The highest BCUT2D eigenvalue weighted by Crippen LogP contribution is 2.34. The van der Waals surface area contributed by atoms with E-state index in [1.54, 1.807) is 25.1 Å². The van der Waals surface area contributed by atoms with Gasteiger partial charge in [0.15, 0.2) is 5.75 Å². The van der Waals surface area contributed by atoms with Gasteiger partial charge in [-0.25, -0.2) is 9.59 Å². The van der Waals surface area contributed by atoms with Crippen molar-refractivity contribution in [2.75, 3.05) is 6.61 Å². The summed E-state index contributed by atoms with van der Waals surface area (Å²) in [5.74, 6) is -1.29. The quantitative estimate of drug-likeness (QED) is 0.213. The predicted molar refractivity (Wildman–Crippen MR) is 103 cm³/mol. The van der Waals surface area contributed by atoms with E-state index in [0.29, 0.717) is 5.56 Å². The number of hydrogen-bond acceptors (Lipinski definition) is 5. The molecule has 0 aliphatic heterocycles. The lowest BCUT2D eigenvalue weighted by molar-refractivity contribution is -0.137. The Morgan fingerprint density at radius 2 is 1.70 bits per heavy atom. The molecule has 27 heavy (non-hydrogen) atoms. The number of halogens is 3. The number of nitriles is 1. The molecule has 0 spiro atoms. The third kappa shape index (κ3) is 5.48. The molecule has 0 amide bonds. The molecule has 5 nitrogen and oxygen atoms in total. The van der Waals surface area contributed by atoms with Crippen LogP contribution in [-0.2, 0) is 9.53 Å². The lowest BCUT2D eigenvalue weighted by Gasteiger charge is -2.08. The third-order valence-electron chi connectivity index (χ3n) is 3.25. The van der Waals surface area contributed by atoms with Crippen molar-refractivity contribution in [1.29, 1.82) is 5.26 Å². The number of benzene rings is 2. The van der Waals surface area contributed by atoms with Crippen LogP contribution in [0.15, 0.2) is 42.0 Å². The van der Waals surface area contributed by atoms with E-state index in [-0.39, 0.29) is 38.6 Å². The largest absolute Gasteiger partial charge is 0.462 e. The average molecular weight is 425 g/mol. The lowest BCUT2D eigenvalue weighted by Crippen LogP contribution is -2.09. The Bertz CT molecular complexity index is 947. The maximum absolute atomic E-state index is 12.2. The molecule has 0 aromatic heterocycles. The van der Waals surface area contributed by atoms with Gasteiger partial charge in [-0.05, 0) is 36.8 Å². The van der Waals surface area contributed by atoms with Crippen LogP contribution in [0, 0.1) is 11.3 Å². The Morgan fingerprint density at radius 3 is 2.30 bits per heavy atom.